The summed E-state index contributed by atoms with van der Waals surface area (Å²) in [4.78, 5) is 5.94. The van der Waals surface area contributed by atoms with Crippen LogP contribution < -0.4 is 0 Å². The Bertz CT molecular complexity index is 381. The summed E-state index contributed by atoms with van der Waals surface area (Å²) in [6.07, 6.45) is 2.56. The summed E-state index contributed by atoms with van der Waals surface area (Å²) in [7, 11) is 0. The molecule has 1 fully saturated rings. The number of rotatable bonds is 2. The van der Waals surface area contributed by atoms with Crippen molar-refractivity contribution < 1.29 is 9.50 Å². The Kier molecular flexibility index (Phi) is 2.95. The second-order valence-corrected chi connectivity index (χ2v) is 5.19. The SMILES string of the molecule is CC1(C)CN(Cc2cncc(F)c2)CC1O. The monoisotopic (exact) mass is 224 g/mol. The Morgan fingerprint density at radius 1 is 1.56 bits per heavy atom. The third kappa shape index (κ3) is 2.39. The maximum atomic E-state index is 12.9. The van der Waals surface area contributed by atoms with Crippen LogP contribution in [-0.4, -0.2) is 34.2 Å². The molecule has 2 rings (SSSR count). The highest BCUT2D eigenvalue weighted by Crippen LogP contribution is 2.30. The Hall–Kier alpha value is -1.00. The first-order valence-electron chi connectivity index (χ1n) is 5.47. The zero-order valence-electron chi connectivity index (χ0n) is 9.65. The molecule has 1 N–H and O–H groups in total. The van der Waals surface area contributed by atoms with E-state index in [2.05, 4.69) is 9.88 Å². The van der Waals surface area contributed by atoms with Crippen molar-refractivity contribution >= 4 is 0 Å². The fourth-order valence-corrected chi connectivity index (χ4v) is 2.16. The standard InChI is InChI=1S/C12H17FN2O/c1-12(2)8-15(7-11(12)16)6-9-3-10(13)5-14-4-9/h3-5,11,16H,6-8H2,1-2H3. The smallest absolute Gasteiger partial charge is 0.141 e. The van der Waals surface area contributed by atoms with Gasteiger partial charge in [0.25, 0.3) is 0 Å². The van der Waals surface area contributed by atoms with E-state index >= 15 is 0 Å². The van der Waals surface area contributed by atoms with Crippen LogP contribution in [-0.2, 0) is 6.54 Å². The number of aromatic nitrogens is 1. The third-order valence-corrected chi connectivity index (χ3v) is 3.13. The van der Waals surface area contributed by atoms with Crippen molar-refractivity contribution in [3.8, 4) is 0 Å². The number of aliphatic hydroxyl groups is 1. The van der Waals surface area contributed by atoms with E-state index in [9.17, 15) is 9.50 Å². The van der Waals surface area contributed by atoms with E-state index in [0.29, 0.717) is 13.1 Å². The first-order valence-corrected chi connectivity index (χ1v) is 5.47. The molecule has 88 valence electrons. The van der Waals surface area contributed by atoms with Crippen LogP contribution in [0.1, 0.15) is 19.4 Å². The van der Waals surface area contributed by atoms with Crippen LogP contribution in [0.2, 0.25) is 0 Å². The van der Waals surface area contributed by atoms with Crippen LogP contribution in [0.3, 0.4) is 0 Å². The van der Waals surface area contributed by atoms with Crippen LogP contribution in [0.5, 0.6) is 0 Å². The minimum Gasteiger partial charge on any atom is -0.391 e. The molecule has 1 aromatic heterocycles. The maximum Gasteiger partial charge on any atom is 0.141 e. The van der Waals surface area contributed by atoms with Crippen molar-refractivity contribution in [3.05, 3.63) is 29.8 Å². The molecule has 1 aliphatic heterocycles. The summed E-state index contributed by atoms with van der Waals surface area (Å²) in [6.45, 7) is 6.20. The average molecular weight is 224 g/mol. The summed E-state index contributed by atoms with van der Waals surface area (Å²) >= 11 is 0. The molecule has 0 bridgehead atoms. The van der Waals surface area contributed by atoms with E-state index in [1.807, 2.05) is 13.8 Å². The molecule has 4 heteroatoms. The second kappa shape index (κ2) is 4.11. The van der Waals surface area contributed by atoms with Gasteiger partial charge in [-0.05, 0) is 11.6 Å². The van der Waals surface area contributed by atoms with Gasteiger partial charge in [0.2, 0.25) is 0 Å². The molecule has 3 nitrogen and oxygen atoms in total. The highest BCUT2D eigenvalue weighted by molar-refractivity contribution is 5.10. The lowest BCUT2D eigenvalue weighted by molar-refractivity contribution is 0.0954. The summed E-state index contributed by atoms with van der Waals surface area (Å²) in [6, 6.07) is 1.49. The number of hydrogen-bond donors (Lipinski definition) is 1. The van der Waals surface area contributed by atoms with E-state index in [-0.39, 0.29) is 17.3 Å². The first kappa shape index (κ1) is 11.5. The fourth-order valence-electron chi connectivity index (χ4n) is 2.16. The molecular weight excluding hydrogens is 207 g/mol. The van der Waals surface area contributed by atoms with Gasteiger partial charge in [-0.2, -0.15) is 0 Å². The van der Waals surface area contributed by atoms with Gasteiger partial charge < -0.3 is 5.11 Å². The number of aliphatic hydroxyl groups excluding tert-OH is 1. The van der Waals surface area contributed by atoms with Gasteiger partial charge in [-0.15, -0.1) is 0 Å². The minimum absolute atomic E-state index is 0.0826. The summed E-state index contributed by atoms with van der Waals surface area (Å²) in [5.74, 6) is -0.309. The lowest BCUT2D eigenvalue weighted by Gasteiger charge is -2.21. The number of halogens is 1. The summed E-state index contributed by atoms with van der Waals surface area (Å²) in [5.41, 5.74) is 0.769. The number of β-amino-alcohol motifs (C(OH)–C–C–N with tert-alkyl or cyclic N) is 1. The molecule has 2 heterocycles. The predicted molar refractivity (Wildman–Crippen MR) is 59.3 cm³/mol. The molecule has 1 aliphatic rings. The Morgan fingerprint density at radius 3 is 2.88 bits per heavy atom. The predicted octanol–water partition coefficient (Wildman–Crippen LogP) is 1.42. The Morgan fingerprint density at radius 2 is 2.31 bits per heavy atom. The van der Waals surface area contributed by atoms with E-state index in [1.165, 1.54) is 12.3 Å². The fraction of sp³-hybridized carbons (Fsp3) is 0.583. The van der Waals surface area contributed by atoms with E-state index in [0.717, 1.165) is 12.1 Å². The minimum atomic E-state index is -0.311. The van der Waals surface area contributed by atoms with Gasteiger partial charge in [0.05, 0.1) is 12.3 Å². The first-order chi connectivity index (χ1) is 7.47. The van der Waals surface area contributed by atoms with Crippen molar-refractivity contribution in [2.45, 2.75) is 26.5 Å². The maximum absolute atomic E-state index is 12.9. The normalized spacial score (nSPS) is 24.9. The molecule has 1 saturated heterocycles. The van der Waals surface area contributed by atoms with Crippen LogP contribution in [0, 0.1) is 11.2 Å². The highest BCUT2D eigenvalue weighted by Gasteiger charge is 2.37. The zero-order chi connectivity index (χ0) is 11.8. The van der Waals surface area contributed by atoms with E-state index < -0.39 is 0 Å². The van der Waals surface area contributed by atoms with Crippen molar-refractivity contribution in [1.82, 2.24) is 9.88 Å². The number of hydrogen-bond acceptors (Lipinski definition) is 3. The average Bonchev–Trinajstić information content (AvgIpc) is 2.40. The van der Waals surface area contributed by atoms with Crippen molar-refractivity contribution in [2.24, 2.45) is 5.41 Å². The molecule has 0 spiro atoms. The van der Waals surface area contributed by atoms with Crippen LogP contribution >= 0.6 is 0 Å². The Balaban J connectivity index is 2.02. The number of likely N-dealkylation sites (tertiary alicyclic amines) is 1. The molecule has 1 aromatic rings. The number of pyridine rings is 1. The molecule has 0 amide bonds. The topological polar surface area (TPSA) is 36.4 Å². The van der Waals surface area contributed by atoms with E-state index in [4.69, 9.17) is 0 Å². The summed E-state index contributed by atoms with van der Waals surface area (Å²) in [5, 5.41) is 9.83. The molecule has 1 atom stereocenters. The molecule has 0 saturated carbocycles. The lowest BCUT2D eigenvalue weighted by Crippen LogP contribution is -2.26. The van der Waals surface area contributed by atoms with Gasteiger partial charge in [-0.3, -0.25) is 9.88 Å². The van der Waals surface area contributed by atoms with Gasteiger partial charge in [0, 0.05) is 31.2 Å². The molecule has 16 heavy (non-hydrogen) atoms. The third-order valence-electron chi connectivity index (χ3n) is 3.13. The lowest BCUT2D eigenvalue weighted by atomic mass is 9.90. The largest absolute Gasteiger partial charge is 0.391 e. The van der Waals surface area contributed by atoms with Crippen molar-refractivity contribution in [3.63, 3.8) is 0 Å². The van der Waals surface area contributed by atoms with Gasteiger partial charge in [0.15, 0.2) is 0 Å². The molecule has 1 unspecified atom stereocenters. The number of nitrogens with zero attached hydrogens (tertiary/aromatic N) is 2. The van der Waals surface area contributed by atoms with Gasteiger partial charge in [-0.25, -0.2) is 4.39 Å². The Labute approximate surface area is 94.9 Å². The molecule has 0 aliphatic carbocycles. The van der Waals surface area contributed by atoms with Crippen molar-refractivity contribution in [1.29, 1.82) is 0 Å². The van der Waals surface area contributed by atoms with Crippen LogP contribution in [0.25, 0.3) is 0 Å². The van der Waals surface area contributed by atoms with Gasteiger partial charge in [0.1, 0.15) is 5.82 Å². The van der Waals surface area contributed by atoms with Crippen LogP contribution in [0.4, 0.5) is 4.39 Å². The molecule has 0 aromatic carbocycles. The zero-order valence-corrected chi connectivity index (χ0v) is 9.65. The highest BCUT2D eigenvalue weighted by atomic mass is 19.1. The summed E-state index contributed by atoms with van der Waals surface area (Å²) < 4.78 is 12.9. The van der Waals surface area contributed by atoms with E-state index in [1.54, 1.807) is 6.20 Å². The van der Waals surface area contributed by atoms with Gasteiger partial charge >= 0.3 is 0 Å². The molecular formula is C12H17FN2O. The van der Waals surface area contributed by atoms with Crippen molar-refractivity contribution in [2.75, 3.05) is 13.1 Å². The molecule has 0 radical (unpaired) electrons. The van der Waals surface area contributed by atoms with Crippen LogP contribution in [0.15, 0.2) is 18.5 Å². The second-order valence-electron chi connectivity index (χ2n) is 5.19. The van der Waals surface area contributed by atoms with Gasteiger partial charge in [-0.1, -0.05) is 13.8 Å². The quantitative estimate of drug-likeness (QED) is 0.825.